The van der Waals surface area contributed by atoms with Crippen LogP contribution in [0.1, 0.15) is 18.4 Å². The Morgan fingerprint density at radius 2 is 1.90 bits per heavy atom. The molecule has 0 saturated carbocycles. The molecule has 0 aliphatic carbocycles. The lowest BCUT2D eigenvalue weighted by molar-refractivity contribution is -0.120. The van der Waals surface area contributed by atoms with Crippen molar-refractivity contribution in [2.75, 3.05) is 12.0 Å². The number of nitrogens with one attached hydrogen (secondary N) is 2. The number of benzene rings is 2. The second-order valence-electron chi connectivity index (χ2n) is 4.81. The standard InChI is InChI=1S/C17H20N2O2/c1-14-7-5-10-16(13-14)21-12-6-11-17(20)19-18-15-8-3-2-4-9-15/h2-5,7-10,13,18H,6,11-12H2,1H3,(H,19,20). The fraction of sp³-hybridized carbons (Fsp3) is 0.235. The van der Waals surface area contributed by atoms with Gasteiger partial charge in [0.15, 0.2) is 0 Å². The maximum absolute atomic E-state index is 11.7. The molecule has 0 heterocycles. The van der Waals surface area contributed by atoms with Gasteiger partial charge >= 0.3 is 0 Å². The fourth-order valence-electron chi connectivity index (χ4n) is 1.85. The average Bonchev–Trinajstić information content (AvgIpc) is 2.51. The molecule has 0 radical (unpaired) electrons. The molecular weight excluding hydrogens is 264 g/mol. The molecule has 0 bridgehead atoms. The number of rotatable bonds is 7. The number of carbonyl (C=O) groups excluding carboxylic acids is 1. The molecule has 4 heteroatoms. The Kier molecular flexibility index (Phi) is 5.64. The zero-order chi connectivity index (χ0) is 14.9. The van der Waals surface area contributed by atoms with Crippen LogP contribution in [0.4, 0.5) is 5.69 Å². The molecular formula is C17H20N2O2. The van der Waals surface area contributed by atoms with Gasteiger partial charge in [-0.1, -0.05) is 30.3 Å². The molecule has 2 N–H and O–H groups in total. The Balaban J connectivity index is 1.61. The van der Waals surface area contributed by atoms with Crippen LogP contribution in [-0.2, 0) is 4.79 Å². The number of hydrogen-bond acceptors (Lipinski definition) is 3. The maximum Gasteiger partial charge on any atom is 0.238 e. The highest BCUT2D eigenvalue weighted by atomic mass is 16.5. The van der Waals surface area contributed by atoms with Gasteiger partial charge in [-0.05, 0) is 43.2 Å². The molecule has 0 spiro atoms. The van der Waals surface area contributed by atoms with Crippen LogP contribution >= 0.6 is 0 Å². The van der Waals surface area contributed by atoms with Crippen LogP contribution in [0.2, 0.25) is 0 Å². The van der Waals surface area contributed by atoms with Crippen LogP contribution < -0.4 is 15.6 Å². The number of carbonyl (C=O) groups is 1. The highest BCUT2D eigenvalue weighted by Gasteiger charge is 2.01. The topological polar surface area (TPSA) is 50.4 Å². The summed E-state index contributed by atoms with van der Waals surface area (Å²) in [5.74, 6) is 0.796. The van der Waals surface area contributed by atoms with Gasteiger partial charge < -0.3 is 4.74 Å². The summed E-state index contributed by atoms with van der Waals surface area (Å²) in [6.45, 7) is 2.55. The first-order chi connectivity index (χ1) is 10.2. The van der Waals surface area contributed by atoms with E-state index >= 15 is 0 Å². The van der Waals surface area contributed by atoms with E-state index in [4.69, 9.17) is 4.74 Å². The van der Waals surface area contributed by atoms with Gasteiger partial charge in [0.05, 0.1) is 12.3 Å². The molecule has 0 aliphatic rings. The SMILES string of the molecule is Cc1cccc(OCCCC(=O)NNc2ccccc2)c1. The molecule has 110 valence electrons. The first-order valence-electron chi connectivity index (χ1n) is 7.03. The zero-order valence-corrected chi connectivity index (χ0v) is 12.1. The Morgan fingerprint density at radius 3 is 2.67 bits per heavy atom. The number of hydrazine groups is 1. The Bertz CT molecular complexity index is 570. The highest BCUT2D eigenvalue weighted by Crippen LogP contribution is 2.12. The van der Waals surface area contributed by atoms with Crippen molar-refractivity contribution in [1.29, 1.82) is 0 Å². The van der Waals surface area contributed by atoms with Crippen molar-refractivity contribution in [2.24, 2.45) is 0 Å². The van der Waals surface area contributed by atoms with E-state index in [1.54, 1.807) is 0 Å². The van der Waals surface area contributed by atoms with E-state index in [0.29, 0.717) is 19.4 Å². The predicted molar refractivity (Wildman–Crippen MR) is 84.1 cm³/mol. The molecule has 1 amide bonds. The van der Waals surface area contributed by atoms with Crippen LogP contribution in [0.25, 0.3) is 0 Å². The largest absolute Gasteiger partial charge is 0.494 e. The smallest absolute Gasteiger partial charge is 0.238 e. The van der Waals surface area contributed by atoms with E-state index in [1.165, 1.54) is 0 Å². The third kappa shape index (κ3) is 5.57. The monoisotopic (exact) mass is 284 g/mol. The molecule has 4 nitrogen and oxygen atoms in total. The predicted octanol–water partition coefficient (Wildman–Crippen LogP) is 3.30. The van der Waals surface area contributed by atoms with Crippen molar-refractivity contribution in [3.8, 4) is 5.75 Å². The Hall–Kier alpha value is -2.49. The fourth-order valence-corrected chi connectivity index (χ4v) is 1.85. The summed E-state index contributed by atoms with van der Waals surface area (Å²) in [6.07, 6.45) is 1.10. The molecule has 21 heavy (non-hydrogen) atoms. The van der Waals surface area contributed by atoms with Crippen LogP contribution in [0.5, 0.6) is 5.75 Å². The van der Waals surface area contributed by atoms with Gasteiger partial charge in [-0.25, -0.2) is 0 Å². The van der Waals surface area contributed by atoms with E-state index in [9.17, 15) is 4.79 Å². The van der Waals surface area contributed by atoms with Gasteiger partial charge in [0.25, 0.3) is 0 Å². The van der Waals surface area contributed by atoms with Crippen LogP contribution in [0.3, 0.4) is 0 Å². The number of hydrogen-bond donors (Lipinski definition) is 2. The van der Waals surface area contributed by atoms with Gasteiger partial charge in [-0.15, -0.1) is 0 Å². The molecule has 0 fully saturated rings. The van der Waals surface area contributed by atoms with E-state index in [0.717, 1.165) is 17.0 Å². The van der Waals surface area contributed by atoms with Gasteiger partial charge in [0, 0.05) is 6.42 Å². The first-order valence-corrected chi connectivity index (χ1v) is 7.03. The molecule has 2 aromatic carbocycles. The summed E-state index contributed by atoms with van der Waals surface area (Å²) >= 11 is 0. The molecule has 0 atom stereocenters. The second kappa shape index (κ2) is 7.94. The highest BCUT2D eigenvalue weighted by molar-refractivity contribution is 5.77. The number of para-hydroxylation sites is 1. The minimum atomic E-state index is -0.0494. The van der Waals surface area contributed by atoms with Gasteiger partial charge in [0.2, 0.25) is 5.91 Å². The zero-order valence-electron chi connectivity index (χ0n) is 12.1. The van der Waals surface area contributed by atoms with E-state index in [1.807, 2.05) is 61.5 Å². The average molecular weight is 284 g/mol. The number of ether oxygens (including phenoxy) is 1. The van der Waals surface area contributed by atoms with E-state index in [2.05, 4.69) is 10.9 Å². The molecule has 0 saturated heterocycles. The summed E-state index contributed by atoms with van der Waals surface area (Å²) in [4.78, 5) is 11.7. The lowest BCUT2D eigenvalue weighted by atomic mass is 10.2. The third-order valence-electron chi connectivity index (χ3n) is 2.93. The maximum atomic E-state index is 11.7. The summed E-state index contributed by atoms with van der Waals surface area (Å²) in [6, 6.07) is 17.4. The number of aryl methyl sites for hydroxylation is 1. The van der Waals surface area contributed by atoms with Crippen LogP contribution in [0, 0.1) is 6.92 Å². The van der Waals surface area contributed by atoms with Gasteiger partial charge in [-0.3, -0.25) is 15.6 Å². The second-order valence-corrected chi connectivity index (χ2v) is 4.81. The van der Waals surface area contributed by atoms with Gasteiger partial charge in [0.1, 0.15) is 5.75 Å². The molecule has 0 aliphatic heterocycles. The Labute approximate surface area is 125 Å². The lowest BCUT2D eigenvalue weighted by Crippen LogP contribution is -2.29. The van der Waals surface area contributed by atoms with Crippen molar-refractivity contribution < 1.29 is 9.53 Å². The minimum Gasteiger partial charge on any atom is -0.494 e. The number of amides is 1. The normalized spacial score (nSPS) is 9.95. The van der Waals surface area contributed by atoms with Crippen LogP contribution in [-0.4, -0.2) is 12.5 Å². The molecule has 0 aromatic heterocycles. The van der Waals surface area contributed by atoms with Crippen molar-refractivity contribution >= 4 is 11.6 Å². The quantitative estimate of drug-likeness (QED) is 0.606. The molecule has 0 unspecified atom stereocenters. The van der Waals surface area contributed by atoms with E-state index < -0.39 is 0 Å². The minimum absolute atomic E-state index is 0.0494. The summed E-state index contributed by atoms with van der Waals surface area (Å²) in [5, 5.41) is 0. The number of anilines is 1. The van der Waals surface area contributed by atoms with E-state index in [-0.39, 0.29) is 5.91 Å². The lowest BCUT2D eigenvalue weighted by Gasteiger charge is -2.09. The van der Waals surface area contributed by atoms with Crippen molar-refractivity contribution in [2.45, 2.75) is 19.8 Å². The summed E-state index contributed by atoms with van der Waals surface area (Å²) in [7, 11) is 0. The van der Waals surface area contributed by atoms with Crippen molar-refractivity contribution in [3.05, 3.63) is 60.2 Å². The summed E-state index contributed by atoms with van der Waals surface area (Å²) in [5.41, 5.74) is 7.56. The van der Waals surface area contributed by atoms with Gasteiger partial charge in [-0.2, -0.15) is 0 Å². The van der Waals surface area contributed by atoms with Crippen LogP contribution in [0.15, 0.2) is 54.6 Å². The Morgan fingerprint density at radius 1 is 1.10 bits per heavy atom. The molecule has 2 aromatic rings. The van der Waals surface area contributed by atoms with Crippen molar-refractivity contribution in [3.63, 3.8) is 0 Å². The third-order valence-corrected chi connectivity index (χ3v) is 2.93. The molecule has 2 rings (SSSR count). The summed E-state index contributed by atoms with van der Waals surface area (Å²) < 4.78 is 5.60. The first kappa shape index (κ1) is 14.9. The van der Waals surface area contributed by atoms with Crippen molar-refractivity contribution in [1.82, 2.24) is 5.43 Å².